The average molecular weight is 470 g/mol. The number of alkyl halides is 6. The van der Waals surface area contributed by atoms with E-state index in [9.17, 15) is 30.7 Å². The van der Waals surface area contributed by atoms with Crippen molar-refractivity contribution in [3.05, 3.63) is 59.7 Å². The van der Waals surface area contributed by atoms with Crippen molar-refractivity contribution in [1.29, 1.82) is 0 Å². The summed E-state index contributed by atoms with van der Waals surface area (Å²) in [7, 11) is 0. The highest BCUT2D eigenvalue weighted by Gasteiger charge is 2.71. The molecule has 0 fully saturated rings. The number of hydrogen-bond donors (Lipinski definition) is 0. The highest BCUT2D eigenvalue weighted by molar-refractivity contribution is 5.53. The first-order valence-corrected chi connectivity index (χ1v) is 9.27. The van der Waals surface area contributed by atoms with Gasteiger partial charge in [-0.25, -0.2) is 9.37 Å². The quantitative estimate of drug-likeness (QED) is 0.252. The maximum Gasteiger partial charge on any atom is 0.586 e. The lowest BCUT2D eigenvalue weighted by Gasteiger charge is -2.15. The van der Waals surface area contributed by atoms with E-state index in [1.54, 1.807) is 0 Å². The summed E-state index contributed by atoms with van der Waals surface area (Å²) in [5.74, 6) is -4.41. The predicted molar refractivity (Wildman–Crippen MR) is 90.2 cm³/mol. The van der Waals surface area contributed by atoms with Crippen molar-refractivity contribution in [3.8, 4) is 23.0 Å². The molecule has 1 atom stereocenters. The largest absolute Gasteiger partial charge is 0.586 e. The minimum absolute atomic E-state index is 0.0433. The standard InChI is InChI=1S/C18H9F7N8/c1-8-26-13-11-6-9(16(20,21)22)2-4-30(11)18(32(13)28-8)31-5-3-10(19)7-12(31)14-27-15(17(23,24)25)29-33(14)18/h2-7H,1H3/q+2. The minimum Gasteiger partial charge on any atom is -0.206 e. The molecule has 168 valence electrons. The van der Waals surface area contributed by atoms with Gasteiger partial charge >= 0.3 is 18.3 Å². The lowest BCUT2D eigenvalue weighted by Crippen LogP contribution is -2.77. The van der Waals surface area contributed by atoms with Gasteiger partial charge in [0.1, 0.15) is 11.6 Å². The molecule has 15 heteroatoms. The molecule has 2 aliphatic rings. The molecule has 0 N–H and O–H groups in total. The van der Waals surface area contributed by atoms with Crippen LogP contribution in [0.5, 0.6) is 0 Å². The molecule has 1 spiro atoms. The predicted octanol–water partition coefficient (Wildman–Crippen LogP) is 2.10. The fraction of sp³-hybridized carbons (Fsp3) is 0.222. The van der Waals surface area contributed by atoms with Crippen LogP contribution < -0.4 is 9.13 Å². The van der Waals surface area contributed by atoms with Crippen LogP contribution in [0.3, 0.4) is 0 Å². The van der Waals surface area contributed by atoms with Gasteiger partial charge in [-0.1, -0.05) is 18.5 Å². The maximum atomic E-state index is 14.1. The Labute approximate surface area is 178 Å². The smallest absolute Gasteiger partial charge is 0.206 e. The molecule has 8 nitrogen and oxygen atoms in total. The summed E-state index contributed by atoms with van der Waals surface area (Å²) in [5, 5.41) is 7.87. The van der Waals surface area contributed by atoms with E-state index in [2.05, 4.69) is 20.2 Å². The second-order valence-corrected chi connectivity index (χ2v) is 7.43. The third-order valence-electron chi connectivity index (χ3n) is 5.45. The summed E-state index contributed by atoms with van der Waals surface area (Å²) in [6, 6.07) is 3.60. The fourth-order valence-corrected chi connectivity index (χ4v) is 4.23. The van der Waals surface area contributed by atoms with Gasteiger partial charge in [0.2, 0.25) is 11.6 Å². The normalized spacial score (nSPS) is 18.4. The molecule has 0 aromatic carbocycles. The van der Waals surface area contributed by atoms with Crippen LogP contribution in [0, 0.1) is 12.7 Å². The Morgan fingerprint density at radius 2 is 1.42 bits per heavy atom. The third-order valence-corrected chi connectivity index (χ3v) is 5.45. The van der Waals surface area contributed by atoms with E-state index in [1.807, 2.05) is 0 Å². The first-order valence-electron chi connectivity index (χ1n) is 9.27. The van der Waals surface area contributed by atoms with E-state index < -0.39 is 35.5 Å². The zero-order valence-electron chi connectivity index (χ0n) is 16.2. The second-order valence-electron chi connectivity index (χ2n) is 7.43. The number of pyridine rings is 2. The number of hydrogen-bond acceptors (Lipinski definition) is 4. The summed E-state index contributed by atoms with van der Waals surface area (Å²) >= 11 is 0. The monoisotopic (exact) mass is 470 g/mol. The highest BCUT2D eigenvalue weighted by Crippen LogP contribution is 2.39. The van der Waals surface area contributed by atoms with E-state index in [-0.39, 0.29) is 28.9 Å². The molecular formula is C18H9F7N8+2. The Kier molecular flexibility index (Phi) is 3.42. The SMILES string of the molecule is Cc1nc2n(n1)C1(n3nc(C(F)(F)F)nc3-c3cc(F)cc[n+]31)[n+]1ccc(C(F)(F)F)cc1-2. The summed E-state index contributed by atoms with van der Waals surface area (Å²) in [6.45, 7) is 1.48. The average Bonchev–Trinajstić information content (AvgIpc) is 3.42. The van der Waals surface area contributed by atoms with Crippen LogP contribution in [0.25, 0.3) is 23.0 Å². The van der Waals surface area contributed by atoms with E-state index in [1.165, 1.54) is 22.3 Å². The Morgan fingerprint density at radius 3 is 2.09 bits per heavy atom. The van der Waals surface area contributed by atoms with E-state index in [0.717, 1.165) is 39.8 Å². The minimum atomic E-state index is -4.93. The zero-order chi connectivity index (χ0) is 23.5. The molecule has 0 amide bonds. The first-order chi connectivity index (χ1) is 15.4. The van der Waals surface area contributed by atoms with E-state index in [4.69, 9.17) is 0 Å². The van der Waals surface area contributed by atoms with Gasteiger partial charge in [0, 0.05) is 18.2 Å². The Bertz CT molecular complexity index is 1480. The van der Waals surface area contributed by atoms with Gasteiger partial charge in [-0.15, -0.1) is 10.2 Å². The molecule has 0 radical (unpaired) electrons. The van der Waals surface area contributed by atoms with Gasteiger partial charge in [0.25, 0.3) is 17.2 Å². The van der Waals surface area contributed by atoms with Crippen molar-refractivity contribution in [1.82, 2.24) is 29.5 Å². The van der Waals surface area contributed by atoms with Crippen LogP contribution in [0.15, 0.2) is 36.7 Å². The van der Waals surface area contributed by atoms with Crippen molar-refractivity contribution >= 4 is 0 Å². The maximum absolute atomic E-state index is 14.1. The first kappa shape index (κ1) is 19.8. The van der Waals surface area contributed by atoms with Crippen LogP contribution in [0.4, 0.5) is 30.7 Å². The van der Waals surface area contributed by atoms with Crippen molar-refractivity contribution in [2.75, 3.05) is 0 Å². The van der Waals surface area contributed by atoms with Crippen LogP contribution in [0.2, 0.25) is 0 Å². The number of aromatic nitrogens is 8. The van der Waals surface area contributed by atoms with Crippen LogP contribution in [-0.4, -0.2) is 29.5 Å². The topological polar surface area (TPSA) is 69.2 Å². The van der Waals surface area contributed by atoms with Gasteiger partial charge in [-0.3, -0.25) is 0 Å². The van der Waals surface area contributed by atoms with Gasteiger partial charge in [0.15, 0.2) is 12.4 Å². The highest BCUT2D eigenvalue weighted by atomic mass is 19.4. The van der Waals surface area contributed by atoms with Gasteiger partial charge in [0.05, 0.1) is 11.6 Å². The number of halogens is 7. The fourth-order valence-electron chi connectivity index (χ4n) is 4.23. The van der Waals surface area contributed by atoms with Gasteiger partial charge in [-0.05, 0) is 6.92 Å². The third kappa shape index (κ3) is 2.36. The molecule has 1 unspecified atom stereocenters. The molecule has 0 saturated heterocycles. The number of rotatable bonds is 0. The molecule has 6 rings (SSSR count). The molecule has 0 bridgehead atoms. The van der Waals surface area contributed by atoms with Gasteiger partial charge in [-0.2, -0.15) is 31.3 Å². The molecule has 4 aromatic heterocycles. The summed E-state index contributed by atoms with van der Waals surface area (Å²) in [5.41, 5.74) is -1.16. The van der Waals surface area contributed by atoms with E-state index >= 15 is 0 Å². The van der Waals surface area contributed by atoms with Crippen molar-refractivity contribution < 1.29 is 39.9 Å². The van der Waals surface area contributed by atoms with Crippen LogP contribution in [-0.2, 0) is 18.3 Å². The van der Waals surface area contributed by atoms with Crippen molar-refractivity contribution in [3.63, 3.8) is 0 Å². The molecule has 4 aromatic rings. The zero-order valence-corrected chi connectivity index (χ0v) is 16.2. The Balaban J connectivity index is 1.77. The molecule has 2 aliphatic heterocycles. The van der Waals surface area contributed by atoms with Crippen molar-refractivity contribution in [2.45, 2.75) is 25.2 Å². The van der Waals surface area contributed by atoms with Crippen LogP contribution >= 0.6 is 0 Å². The number of aryl methyl sites for hydroxylation is 1. The number of fused-ring (bicyclic) bond motifs is 10. The summed E-state index contributed by atoms with van der Waals surface area (Å²) in [4.78, 5) is 7.74. The second kappa shape index (κ2) is 5.71. The van der Waals surface area contributed by atoms with Crippen LogP contribution in [0.1, 0.15) is 17.2 Å². The van der Waals surface area contributed by atoms with Crippen molar-refractivity contribution in [2.24, 2.45) is 0 Å². The lowest BCUT2D eigenvalue weighted by atomic mass is 10.2. The Morgan fingerprint density at radius 1 is 0.818 bits per heavy atom. The summed E-state index contributed by atoms with van der Waals surface area (Å²) in [6.07, 6.45) is -7.33. The molecule has 0 saturated carbocycles. The number of nitrogens with zero attached hydrogens (tertiary/aromatic N) is 8. The molecule has 33 heavy (non-hydrogen) atoms. The lowest BCUT2D eigenvalue weighted by molar-refractivity contribution is -0.990. The van der Waals surface area contributed by atoms with E-state index in [0.29, 0.717) is 0 Å². The summed E-state index contributed by atoms with van der Waals surface area (Å²) < 4.78 is 99.3. The molecule has 0 aliphatic carbocycles. The van der Waals surface area contributed by atoms with Gasteiger partial charge < -0.3 is 0 Å². The molecule has 6 heterocycles. The molecular weight excluding hydrogens is 461 g/mol. The Hall–Kier alpha value is -3.91.